The van der Waals surface area contributed by atoms with Crippen LogP contribution >= 0.6 is 19.4 Å². The van der Waals surface area contributed by atoms with Gasteiger partial charge in [-0.3, -0.25) is 9.36 Å². The lowest BCUT2D eigenvalue weighted by Crippen LogP contribution is -2.33. The number of hydrogen-bond acceptors (Lipinski definition) is 3. The first kappa shape index (κ1) is 10.9. The van der Waals surface area contributed by atoms with Crippen LogP contribution in [0.25, 0.3) is 0 Å². The molecular weight excluding hydrogens is 196 g/mol. The second-order valence-electron chi connectivity index (χ2n) is 1.85. The lowest BCUT2D eigenvalue weighted by atomic mass is 10.4. The number of carboxylic acids is 1. The van der Waals surface area contributed by atoms with Crippen LogP contribution in [0, 0.1) is 0 Å². The first-order valence-electron chi connectivity index (χ1n) is 2.50. The fraction of sp³-hybridized carbons (Fsp3) is 0.667. The highest BCUT2D eigenvalue weighted by Crippen LogP contribution is 2.34. The van der Waals surface area contributed by atoms with Crippen LogP contribution < -0.4 is 4.84 Å². The molecule has 1 atom stereocenters. The van der Waals surface area contributed by atoms with Crippen LogP contribution in [0.15, 0.2) is 0 Å². The molecule has 0 aromatic heterocycles. The first-order chi connectivity index (χ1) is 4.87. The van der Waals surface area contributed by atoms with Crippen LogP contribution in [0.5, 0.6) is 0 Å². The van der Waals surface area contributed by atoms with Crippen LogP contribution in [0.2, 0.25) is 0 Å². The molecule has 0 aliphatic heterocycles. The molecule has 0 aliphatic carbocycles. The Bertz CT molecular complexity index is 190. The summed E-state index contributed by atoms with van der Waals surface area (Å²) in [7, 11) is -4.32. The van der Waals surface area contributed by atoms with Gasteiger partial charge in [0.2, 0.25) is 0 Å². The maximum absolute atomic E-state index is 10.2. The van der Waals surface area contributed by atoms with Gasteiger partial charge in [0, 0.05) is 0 Å². The zero-order valence-corrected chi connectivity index (χ0v) is 6.92. The van der Waals surface area contributed by atoms with Crippen molar-refractivity contribution in [3.63, 3.8) is 0 Å². The van der Waals surface area contributed by atoms with E-state index < -0.39 is 25.8 Å². The number of hydrogen-bond donors (Lipinski definition) is 4. The minimum absolute atomic E-state index is 0.814. The third kappa shape index (κ3) is 5.17. The van der Waals surface area contributed by atoms with Gasteiger partial charge in [-0.05, 0) is 11.8 Å². The highest BCUT2D eigenvalue weighted by atomic mass is 35.5. The van der Waals surface area contributed by atoms with E-state index >= 15 is 0 Å². The summed E-state index contributed by atoms with van der Waals surface area (Å²) in [6.07, 6.45) is -0.814. The molecule has 0 aromatic carbocycles. The molecule has 6 nitrogen and oxygen atoms in total. The first-order valence-corrected chi connectivity index (χ1v) is 4.68. The second kappa shape index (κ2) is 4.04. The van der Waals surface area contributed by atoms with Gasteiger partial charge >= 0.3 is 13.6 Å². The normalized spacial score (nSPS) is 14.5. The average Bonchev–Trinajstić information content (AvgIpc) is 1.80. The molecule has 11 heavy (non-hydrogen) atoms. The minimum Gasteiger partial charge on any atom is -0.480 e. The summed E-state index contributed by atoms with van der Waals surface area (Å²) in [6, 6.07) is -1.42. The van der Waals surface area contributed by atoms with Crippen molar-refractivity contribution in [3.8, 4) is 0 Å². The van der Waals surface area contributed by atoms with E-state index in [-0.39, 0.29) is 0 Å². The fourth-order valence-electron chi connectivity index (χ4n) is 0.397. The van der Waals surface area contributed by atoms with E-state index in [1.807, 2.05) is 0 Å². The molecule has 0 spiro atoms. The van der Waals surface area contributed by atoms with Crippen molar-refractivity contribution in [3.05, 3.63) is 0 Å². The van der Waals surface area contributed by atoms with Gasteiger partial charge in [0.15, 0.2) is 0 Å². The van der Waals surface area contributed by atoms with Gasteiger partial charge in [0.25, 0.3) is 0 Å². The maximum atomic E-state index is 10.2. The van der Waals surface area contributed by atoms with Gasteiger partial charge < -0.3 is 14.9 Å². The number of carboxylic acid groups (broad SMARTS) is 1. The number of carbonyl (C=O) groups is 1. The van der Waals surface area contributed by atoms with Crippen LogP contribution in [0.1, 0.15) is 0 Å². The molecule has 0 bridgehead atoms. The molecule has 0 aliphatic rings. The SMILES string of the molecule is O=C(O)C(CP(=O)(O)O)NCl. The molecule has 0 aromatic rings. The predicted molar refractivity (Wildman–Crippen MR) is 37.3 cm³/mol. The Morgan fingerprint density at radius 3 is 2.18 bits per heavy atom. The smallest absolute Gasteiger partial charge is 0.327 e. The molecule has 66 valence electrons. The van der Waals surface area contributed by atoms with Crippen LogP contribution in [0.4, 0.5) is 0 Å². The van der Waals surface area contributed by atoms with Crippen molar-refractivity contribution < 1.29 is 24.3 Å². The number of nitrogens with one attached hydrogen (secondary N) is 1. The summed E-state index contributed by atoms with van der Waals surface area (Å²) in [6.45, 7) is 0. The standard InChI is InChI=1S/C3H7ClNO5P/c4-5-2(3(6)7)1-11(8,9)10/h2,5H,1H2,(H,6,7)(H2,8,9,10). The number of aliphatic carboxylic acids is 1. The van der Waals surface area contributed by atoms with E-state index in [4.69, 9.17) is 26.7 Å². The molecule has 0 fully saturated rings. The van der Waals surface area contributed by atoms with E-state index in [2.05, 4.69) is 0 Å². The molecule has 0 radical (unpaired) electrons. The molecular formula is C3H7ClNO5P. The molecule has 4 N–H and O–H groups in total. The third-order valence-electron chi connectivity index (χ3n) is 0.850. The van der Waals surface area contributed by atoms with Gasteiger partial charge in [0.1, 0.15) is 6.04 Å². The van der Waals surface area contributed by atoms with Gasteiger partial charge in [-0.1, -0.05) is 0 Å². The summed E-state index contributed by atoms with van der Waals surface area (Å²) in [5.41, 5.74) is 0. The molecule has 0 heterocycles. The van der Waals surface area contributed by atoms with Crippen LogP contribution in [-0.2, 0) is 9.36 Å². The quantitative estimate of drug-likeness (QED) is 0.358. The van der Waals surface area contributed by atoms with Crippen LogP contribution in [-0.4, -0.2) is 33.1 Å². The van der Waals surface area contributed by atoms with Gasteiger partial charge in [-0.15, -0.1) is 0 Å². The summed E-state index contributed by atoms with van der Waals surface area (Å²) in [5.74, 6) is -1.40. The third-order valence-corrected chi connectivity index (χ3v) is 1.95. The van der Waals surface area contributed by atoms with Gasteiger partial charge in [-0.2, -0.15) is 0 Å². The zero-order valence-electron chi connectivity index (χ0n) is 5.27. The monoisotopic (exact) mass is 203 g/mol. The van der Waals surface area contributed by atoms with Crippen molar-refractivity contribution in [2.24, 2.45) is 0 Å². The van der Waals surface area contributed by atoms with E-state index in [1.54, 1.807) is 4.84 Å². The topological polar surface area (TPSA) is 107 Å². The molecule has 0 rings (SSSR count). The summed E-state index contributed by atoms with van der Waals surface area (Å²) < 4.78 is 10.2. The van der Waals surface area contributed by atoms with Crippen molar-refractivity contribution in [2.75, 3.05) is 6.16 Å². The predicted octanol–water partition coefficient (Wildman–Crippen LogP) is -0.639. The number of halogens is 1. The molecule has 0 amide bonds. The summed E-state index contributed by atoms with van der Waals surface area (Å²) >= 11 is 4.89. The highest BCUT2D eigenvalue weighted by molar-refractivity contribution is 7.51. The second-order valence-corrected chi connectivity index (χ2v) is 3.76. The van der Waals surface area contributed by atoms with E-state index in [0.29, 0.717) is 0 Å². The Balaban J connectivity index is 4.10. The Kier molecular flexibility index (Phi) is 3.99. The zero-order chi connectivity index (χ0) is 9.07. The van der Waals surface area contributed by atoms with E-state index in [9.17, 15) is 9.36 Å². The molecule has 0 saturated heterocycles. The van der Waals surface area contributed by atoms with Crippen molar-refractivity contribution in [2.45, 2.75) is 6.04 Å². The minimum atomic E-state index is -4.32. The van der Waals surface area contributed by atoms with Gasteiger partial charge in [0.05, 0.1) is 6.16 Å². The lowest BCUT2D eigenvalue weighted by molar-refractivity contribution is -0.138. The maximum Gasteiger partial charge on any atom is 0.327 e. The van der Waals surface area contributed by atoms with Crippen molar-refractivity contribution >= 4 is 25.3 Å². The Morgan fingerprint density at radius 1 is 1.64 bits per heavy atom. The summed E-state index contributed by atoms with van der Waals surface area (Å²) in [5, 5.41) is 8.25. The van der Waals surface area contributed by atoms with Crippen molar-refractivity contribution in [1.82, 2.24) is 4.84 Å². The fourth-order valence-corrected chi connectivity index (χ4v) is 1.40. The molecule has 1 unspecified atom stereocenters. The van der Waals surface area contributed by atoms with E-state index in [1.165, 1.54) is 0 Å². The highest BCUT2D eigenvalue weighted by Gasteiger charge is 2.26. The average molecular weight is 204 g/mol. The Hall–Kier alpha value is -0.130. The van der Waals surface area contributed by atoms with Crippen LogP contribution in [0.3, 0.4) is 0 Å². The molecule has 0 saturated carbocycles. The molecule has 8 heteroatoms. The van der Waals surface area contributed by atoms with Crippen molar-refractivity contribution in [1.29, 1.82) is 0 Å². The Morgan fingerprint density at radius 2 is 2.09 bits per heavy atom. The number of rotatable bonds is 4. The van der Waals surface area contributed by atoms with E-state index in [0.717, 1.165) is 0 Å². The lowest BCUT2D eigenvalue weighted by Gasteiger charge is -2.09. The summed E-state index contributed by atoms with van der Waals surface area (Å²) in [4.78, 5) is 28.5. The van der Waals surface area contributed by atoms with Gasteiger partial charge in [-0.25, -0.2) is 4.84 Å². The largest absolute Gasteiger partial charge is 0.480 e. The Labute approximate surface area is 67.4 Å².